The standard InChI is InChI=1S/C11H14FN/c1-2-8-5-10-7-13-4-3-9(10)6-11(8)12/h5-6,13H,2-4,7H2,1H3. The van der Waals surface area contributed by atoms with E-state index < -0.39 is 0 Å². The highest BCUT2D eigenvalue weighted by Crippen LogP contribution is 2.19. The largest absolute Gasteiger partial charge is 0.312 e. The Morgan fingerprint density at radius 2 is 2.23 bits per heavy atom. The molecule has 0 amide bonds. The van der Waals surface area contributed by atoms with Gasteiger partial charge in [0.25, 0.3) is 0 Å². The van der Waals surface area contributed by atoms with Crippen LogP contribution in [0.4, 0.5) is 4.39 Å². The minimum absolute atomic E-state index is 0.0387. The zero-order valence-corrected chi connectivity index (χ0v) is 7.86. The molecule has 70 valence electrons. The van der Waals surface area contributed by atoms with Crippen molar-refractivity contribution < 1.29 is 4.39 Å². The lowest BCUT2D eigenvalue weighted by atomic mass is 9.97. The van der Waals surface area contributed by atoms with Crippen molar-refractivity contribution in [3.8, 4) is 0 Å². The summed E-state index contributed by atoms with van der Waals surface area (Å²) in [4.78, 5) is 0. The Bertz CT molecular complexity index is 320. The van der Waals surface area contributed by atoms with Crippen molar-refractivity contribution >= 4 is 0 Å². The fourth-order valence-corrected chi connectivity index (χ4v) is 1.82. The highest BCUT2D eigenvalue weighted by atomic mass is 19.1. The summed E-state index contributed by atoms with van der Waals surface area (Å²) in [6.07, 6.45) is 1.73. The Morgan fingerprint density at radius 3 is 3.00 bits per heavy atom. The molecule has 1 aliphatic rings. The van der Waals surface area contributed by atoms with Crippen molar-refractivity contribution in [1.29, 1.82) is 0 Å². The number of aryl methyl sites for hydroxylation is 1. The topological polar surface area (TPSA) is 12.0 Å². The molecule has 1 aromatic rings. The van der Waals surface area contributed by atoms with Gasteiger partial charge in [-0.25, -0.2) is 4.39 Å². The number of benzene rings is 1. The quantitative estimate of drug-likeness (QED) is 0.695. The predicted octanol–water partition coefficient (Wildman–Crippen LogP) is 2.03. The third kappa shape index (κ3) is 1.59. The van der Waals surface area contributed by atoms with Crippen LogP contribution in [0, 0.1) is 5.82 Å². The second-order valence-electron chi connectivity index (χ2n) is 3.49. The molecule has 2 rings (SSSR count). The Balaban J connectivity index is 2.44. The molecule has 0 radical (unpaired) electrons. The molecule has 0 saturated carbocycles. The van der Waals surface area contributed by atoms with Crippen LogP contribution >= 0.6 is 0 Å². The smallest absolute Gasteiger partial charge is 0.126 e. The molecule has 0 bridgehead atoms. The van der Waals surface area contributed by atoms with E-state index >= 15 is 0 Å². The van der Waals surface area contributed by atoms with Gasteiger partial charge < -0.3 is 5.32 Å². The van der Waals surface area contributed by atoms with Crippen LogP contribution < -0.4 is 5.32 Å². The maximum Gasteiger partial charge on any atom is 0.126 e. The van der Waals surface area contributed by atoms with Crippen molar-refractivity contribution in [3.63, 3.8) is 0 Å². The van der Waals surface area contributed by atoms with Crippen LogP contribution in [-0.2, 0) is 19.4 Å². The first-order valence-corrected chi connectivity index (χ1v) is 4.82. The summed E-state index contributed by atoms with van der Waals surface area (Å²) >= 11 is 0. The molecule has 0 fully saturated rings. The number of halogens is 1. The van der Waals surface area contributed by atoms with Crippen LogP contribution in [0.5, 0.6) is 0 Å². The SMILES string of the molecule is CCc1cc2c(cc1F)CCNC2. The van der Waals surface area contributed by atoms with E-state index in [9.17, 15) is 4.39 Å². The first-order chi connectivity index (χ1) is 6.31. The van der Waals surface area contributed by atoms with Gasteiger partial charge in [0, 0.05) is 6.54 Å². The van der Waals surface area contributed by atoms with Gasteiger partial charge in [-0.2, -0.15) is 0 Å². The summed E-state index contributed by atoms with van der Waals surface area (Å²) in [6, 6.07) is 3.70. The molecular formula is C11H14FN. The number of rotatable bonds is 1. The summed E-state index contributed by atoms with van der Waals surface area (Å²) in [5.41, 5.74) is 3.28. The van der Waals surface area contributed by atoms with Crippen LogP contribution in [-0.4, -0.2) is 6.54 Å². The monoisotopic (exact) mass is 179 g/mol. The lowest BCUT2D eigenvalue weighted by Crippen LogP contribution is -2.24. The maximum absolute atomic E-state index is 13.4. The molecule has 1 nitrogen and oxygen atoms in total. The van der Waals surface area contributed by atoms with E-state index in [2.05, 4.69) is 5.32 Å². The molecule has 1 aromatic carbocycles. The normalized spacial score (nSPS) is 15.5. The van der Waals surface area contributed by atoms with Crippen molar-refractivity contribution in [2.75, 3.05) is 6.54 Å². The Hall–Kier alpha value is -0.890. The van der Waals surface area contributed by atoms with Gasteiger partial charge in [-0.1, -0.05) is 13.0 Å². The van der Waals surface area contributed by atoms with E-state index in [4.69, 9.17) is 0 Å². The highest BCUT2D eigenvalue weighted by molar-refractivity contribution is 5.34. The third-order valence-electron chi connectivity index (χ3n) is 2.64. The van der Waals surface area contributed by atoms with E-state index in [1.54, 1.807) is 6.07 Å². The Kier molecular flexibility index (Phi) is 2.32. The average Bonchev–Trinajstić information content (AvgIpc) is 2.17. The summed E-state index contributed by atoms with van der Waals surface area (Å²) in [5, 5.41) is 3.29. The van der Waals surface area contributed by atoms with Gasteiger partial charge in [-0.05, 0) is 42.1 Å². The number of nitrogens with one attached hydrogen (secondary N) is 1. The molecule has 0 unspecified atom stereocenters. The molecule has 0 saturated heterocycles. The second kappa shape index (κ2) is 3.46. The fraction of sp³-hybridized carbons (Fsp3) is 0.455. The van der Waals surface area contributed by atoms with Crippen LogP contribution in [0.2, 0.25) is 0 Å². The van der Waals surface area contributed by atoms with Gasteiger partial charge >= 0.3 is 0 Å². The first kappa shape index (κ1) is 8.70. The van der Waals surface area contributed by atoms with E-state index in [-0.39, 0.29) is 5.82 Å². The van der Waals surface area contributed by atoms with Crippen molar-refractivity contribution in [2.45, 2.75) is 26.3 Å². The predicted molar refractivity (Wildman–Crippen MR) is 51.2 cm³/mol. The number of hydrogen-bond donors (Lipinski definition) is 1. The molecule has 2 heteroatoms. The lowest BCUT2D eigenvalue weighted by molar-refractivity contribution is 0.593. The van der Waals surface area contributed by atoms with Crippen LogP contribution in [0.3, 0.4) is 0 Å². The molecule has 1 heterocycles. The molecule has 13 heavy (non-hydrogen) atoms. The van der Waals surface area contributed by atoms with Crippen molar-refractivity contribution in [3.05, 3.63) is 34.6 Å². The average molecular weight is 179 g/mol. The van der Waals surface area contributed by atoms with E-state index in [0.29, 0.717) is 0 Å². The van der Waals surface area contributed by atoms with Gasteiger partial charge in [0.15, 0.2) is 0 Å². The van der Waals surface area contributed by atoms with Crippen LogP contribution in [0.15, 0.2) is 12.1 Å². The van der Waals surface area contributed by atoms with Crippen LogP contribution in [0.25, 0.3) is 0 Å². The molecule has 0 aromatic heterocycles. The molecule has 1 N–H and O–H groups in total. The molecule has 1 aliphatic heterocycles. The molecule has 0 aliphatic carbocycles. The third-order valence-corrected chi connectivity index (χ3v) is 2.64. The van der Waals surface area contributed by atoms with Gasteiger partial charge in [-0.3, -0.25) is 0 Å². The zero-order valence-electron chi connectivity index (χ0n) is 7.86. The van der Waals surface area contributed by atoms with Gasteiger partial charge in [0.2, 0.25) is 0 Å². The van der Waals surface area contributed by atoms with E-state index in [1.165, 1.54) is 11.1 Å². The van der Waals surface area contributed by atoms with E-state index in [0.717, 1.165) is 31.5 Å². The van der Waals surface area contributed by atoms with Gasteiger partial charge in [0.05, 0.1) is 0 Å². The fourth-order valence-electron chi connectivity index (χ4n) is 1.82. The second-order valence-corrected chi connectivity index (χ2v) is 3.49. The summed E-state index contributed by atoms with van der Waals surface area (Å²) in [6.45, 7) is 3.85. The molecular weight excluding hydrogens is 165 g/mol. The summed E-state index contributed by atoms with van der Waals surface area (Å²) in [7, 11) is 0. The summed E-state index contributed by atoms with van der Waals surface area (Å²) < 4.78 is 13.4. The minimum atomic E-state index is -0.0387. The maximum atomic E-state index is 13.4. The van der Waals surface area contributed by atoms with Gasteiger partial charge in [0.1, 0.15) is 5.82 Å². The van der Waals surface area contributed by atoms with Crippen LogP contribution in [0.1, 0.15) is 23.6 Å². The Morgan fingerprint density at radius 1 is 1.38 bits per heavy atom. The zero-order chi connectivity index (χ0) is 9.26. The van der Waals surface area contributed by atoms with Crippen molar-refractivity contribution in [2.24, 2.45) is 0 Å². The molecule has 0 spiro atoms. The molecule has 0 atom stereocenters. The minimum Gasteiger partial charge on any atom is -0.312 e. The van der Waals surface area contributed by atoms with Crippen molar-refractivity contribution in [1.82, 2.24) is 5.32 Å². The Labute approximate surface area is 78.0 Å². The first-order valence-electron chi connectivity index (χ1n) is 4.82. The summed E-state index contributed by atoms with van der Waals surface area (Å²) in [5.74, 6) is -0.0387. The number of hydrogen-bond acceptors (Lipinski definition) is 1. The van der Waals surface area contributed by atoms with Gasteiger partial charge in [-0.15, -0.1) is 0 Å². The number of fused-ring (bicyclic) bond motifs is 1. The lowest BCUT2D eigenvalue weighted by Gasteiger charge is -2.18. The highest BCUT2D eigenvalue weighted by Gasteiger charge is 2.11. The van der Waals surface area contributed by atoms with E-state index in [1.807, 2.05) is 13.0 Å².